The molecule has 31 heavy (non-hydrogen) atoms. The Labute approximate surface area is 188 Å². The van der Waals surface area contributed by atoms with Crippen molar-refractivity contribution < 1.29 is 23.7 Å². The molecule has 1 saturated heterocycles. The second kappa shape index (κ2) is 11.2. The van der Waals surface area contributed by atoms with Crippen LogP contribution in [0.2, 0.25) is 0 Å². The highest BCUT2D eigenvalue weighted by atomic mass is 32.2. The van der Waals surface area contributed by atoms with Gasteiger partial charge in [0.15, 0.2) is 11.5 Å². The molecule has 0 saturated carbocycles. The summed E-state index contributed by atoms with van der Waals surface area (Å²) in [5.74, 6) is 3.52. The first-order chi connectivity index (χ1) is 15.1. The van der Waals surface area contributed by atoms with E-state index < -0.39 is 0 Å². The molecule has 1 fully saturated rings. The van der Waals surface area contributed by atoms with E-state index in [1.54, 1.807) is 39.2 Å². The minimum Gasteiger partial charge on any atom is -0.496 e. The van der Waals surface area contributed by atoms with Crippen molar-refractivity contribution >= 4 is 17.7 Å². The van der Waals surface area contributed by atoms with Crippen LogP contribution in [0.3, 0.4) is 0 Å². The summed E-state index contributed by atoms with van der Waals surface area (Å²) in [5.41, 5.74) is 1.54. The Morgan fingerprint density at radius 1 is 1.00 bits per heavy atom. The van der Waals surface area contributed by atoms with Crippen molar-refractivity contribution in [2.24, 2.45) is 0 Å². The van der Waals surface area contributed by atoms with Gasteiger partial charge in [0, 0.05) is 29.5 Å². The number of ether oxygens (including phenoxy) is 4. The van der Waals surface area contributed by atoms with Gasteiger partial charge < -0.3 is 23.8 Å². The lowest BCUT2D eigenvalue weighted by Crippen LogP contribution is -2.30. The van der Waals surface area contributed by atoms with Gasteiger partial charge >= 0.3 is 0 Å². The summed E-state index contributed by atoms with van der Waals surface area (Å²) >= 11 is 1.71. The first-order valence-electron chi connectivity index (χ1n) is 10.6. The van der Waals surface area contributed by atoms with E-state index in [1.165, 1.54) is 0 Å². The summed E-state index contributed by atoms with van der Waals surface area (Å²) < 4.78 is 22.2. The molecule has 0 aromatic heterocycles. The largest absolute Gasteiger partial charge is 0.496 e. The molecule has 1 aliphatic heterocycles. The third kappa shape index (κ3) is 5.39. The van der Waals surface area contributed by atoms with E-state index in [0.29, 0.717) is 36.0 Å². The second-order valence-electron chi connectivity index (χ2n) is 7.25. The summed E-state index contributed by atoms with van der Waals surface area (Å²) in [5, 5.41) is -0.160. The van der Waals surface area contributed by atoms with Crippen LogP contribution in [0.25, 0.3) is 0 Å². The van der Waals surface area contributed by atoms with Gasteiger partial charge in [-0.1, -0.05) is 19.8 Å². The maximum atomic E-state index is 13.3. The molecule has 1 amide bonds. The Bertz CT molecular complexity index is 871. The molecule has 0 radical (unpaired) electrons. The highest BCUT2D eigenvalue weighted by Crippen LogP contribution is 2.46. The van der Waals surface area contributed by atoms with Crippen molar-refractivity contribution in [3.8, 4) is 23.0 Å². The number of nitrogens with zero attached hydrogens (tertiary/aromatic N) is 1. The normalized spacial score (nSPS) is 15.6. The van der Waals surface area contributed by atoms with Crippen LogP contribution >= 0.6 is 11.8 Å². The molecular formula is C24H31NO5S. The van der Waals surface area contributed by atoms with E-state index in [9.17, 15) is 4.79 Å². The van der Waals surface area contributed by atoms with Crippen molar-refractivity contribution in [1.82, 2.24) is 4.90 Å². The van der Waals surface area contributed by atoms with Gasteiger partial charge in [-0.15, -0.1) is 11.8 Å². The van der Waals surface area contributed by atoms with Gasteiger partial charge in [0.2, 0.25) is 0 Å². The third-order valence-corrected chi connectivity index (χ3v) is 6.51. The first-order valence-corrected chi connectivity index (χ1v) is 11.6. The third-order valence-electron chi connectivity index (χ3n) is 5.27. The zero-order chi connectivity index (χ0) is 22.2. The number of carbonyl (C=O) groups excluding carboxylic acids is 1. The Balaban J connectivity index is 1.78. The molecule has 1 unspecified atom stereocenters. The van der Waals surface area contributed by atoms with Crippen LogP contribution in [0.15, 0.2) is 36.4 Å². The van der Waals surface area contributed by atoms with Crippen molar-refractivity contribution in [3.63, 3.8) is 0 Å². The molecule has 3 rings (SSSR count). The zero-order valence-electron chi connectivity index (χ0n) is 18.7. The fraction of sp³-hybridized carbons (Fsp3) is 0.458. The highest BCUT2D eigenvalue weighted by molar-refractivity contribution is 7.99. The van der Waals surface area contributed by atoms with Crippen LogP contribution in [0, 0.1) is 0 Å². The number of thioether (sulfide) groups is 1. The molecular weight excluding hydrogens is 414 g/mol. The van der Waals surface area contributed by atoms with E-state index in [-0.39, 0.29) is 11.3 Å². The lowest BCUT2D eigenvalue weighted by Gasteiger charge is -2.26. The number of methoxy groups -OCH3 is 3. The zero-order valence-corrected chi connectivity index (χ0v) is 19.5. The summed E-state index contributed by atoms with van der Waals surface area (Å²) in [6.07, 6.45) is 3.36. The Kier molecular flexibility index (Phi) is 8.35. The quantitative estimate of drug-likeness (QED) is 0.470. The SMILES string of the molecule is CCCCCOc1ccc(C(=O)N2CCSC2c2cc(OC)c(OC)cc2OC)cc1. The van der Waals surface area contributed by atoms with E-state index in [0.717, 1.165) is 36.3 Å². The molecule has 6 nitrogen and oxygen atoms in total. The van der Waals surface area contributed by atoms with Crippen LogP contribution in [0.1, 0.15) is 47.5 Å². The predicted octanol–water partition coefficient (Wildman–Crippen LogP) is 5.17. The Hall–Kier alpha value is -2.54. The van der Waals surface area contributed by atoms with Crippen molar-refractivity contribution in [3.05, 3.63) is 47.5 Å². The summed E-state index contributed by atoms with van der Waals surface area (Å²) in [6.45, 7) is 3.54. The van der Waals surface area contributed by atoms with Gasteiger partial charge in [-0.25, -0.2) is 0 Å². The van der Waals surface area contributed by atoms with Gasteiger partial charge in [0.05, 0.1) is 27.9 Å². The number of hydrogen-bond acceptors (Lipinski definition) is 6. The van der Waals surface area contributed by atoms with Crippen LogP contribution in [0.5, 0.6) is 23.0 Å². The maximum Gasteiger partial charge on any atom is 0.255 e. The molecule has 1 atom stereocenters. The number of unbranched alkanes of at least 4 members (excludes halogenated alkanes) is 2. The number of amides is 1. The molecule has 168 valence electrons. The topological polar surface area (TPSA) is 57.2 Å². The summed E-state index contributed by atoms with van der Waals surface area (Å²) in [4.78, 5) is 15.2. The minimum absolute atomic E-state index is 0.00984. The monoisotopic (exact) mass is 445 g/mol. The van der Waals surface area contributed by atoms with Crippen LogP contribution in [-0.4, -0.2) is 51.0 Å². The van der Waals surface area contributed by atoms with E-state index in [4.69, 9.17) is 18.9 Å². The van der Waals surface area contributed by atoms with E-state index >= 15 is 0 Å². The maximum absolute atomic E-state index is 13.3. The summed E-state index contributed by atoms with van der Waals surface area (Å²) in [7, 11) is 4.81. The summed E-state index contributed by atoms with van der Waals surface area (Å²) in [6, 6.07) is 11.1. The average Bonchev–Trinajstić information content (AvgIpc) is 3.30. The molecule has 1 aliphatic rings. The predicted molar refractivity (Wildman–Crippen MR) is 124 cm³/mol. The smallest absolute Gasteiger partial charge is 0.255 e. The van der Waals surface area contributed by atoms with Gasteiger partial charge in [0.1, 0.15) is 16.9 Å². The van der Waals surface area contributed by atoms with Crippen LogP contribution < -0.4 is 18.9 Å². The molecule has 0 aliphatic carbocycles. The van der Waals surface area contributed by atoms with Crippen LogP contribution in [-0.2, 0) is 0 Å². The molecule has 1 heterocycles. The molecule has 0 N–H and O–H groups in total. The molecule has 7 heteroatoms. The molecule has 0 bridgehead atoms. The Morgan fingerprint density at radius 2 is 1.68 bits per heavy atom. The second-order valence-corrected chi connectivity index (χ2v) is 8.44. The number of carbonyl (C=O) groups is 1. The number of rotatable bonds is 10. The van der Waals surface area contributed by atoms with Gasteiger partial charge in [-0.2, -0.15) is 0 Å². The van der Waals surface area contributed by atoms with Gasteiger partial charge in [-0.05, 0) is 36.8 Å². The lowest BCUT2D eigenvalue weighted by molar-refractivity contribution is 0.0759. The number of hydrogen-bond donors (Lipinski definition) is 0. The van der Waals surface area contributed by atoms with Crippen molar-refractivity contribution in [2.45, 2.75) is 31.6 Å². The minimum atomic E-state index is -0.160. The Morgan fingerprint density at radius 3 is 2.32 bits per heavy atom. The lowest BCUT2D eigenvalue weighted by atomic mass is 10.1. The van der Waals surface area contributed by atoms with E-state index in [2.05, 4.69) is 6.92 Å². The highest BCUT2D eigenvalue weighted by Gasteiger charge is 2.34. The van der Waals surface area contributed by atoms with Crippen molar-refractivity contribution in [2.75, 3.05) is 40.2 Å². The van der Waals surface area contributed by atoms with Gasteiger partial charge in [0.25, 0.3) is 5.91 Å². The fourth-order valence-electron chi connectivity index (χ4n) is 3.58. The number of benzene rings is 2. The molecule has 0 spiro atoms. The van der Waals surface area contributed by atoms with Crippen molar-refractivity contribution in [1.29, 1.82) is 0 Å². The fourth-order valence-corrected chi connectivity index (χ4v) is 4.85. The standard InChI is InChI=1S/C24H31NO5S/c1-5-6-7-13-30-18-10-8-17(9-11-18)23(26)25-12-14-31-24(25)19-15-21(28-3)22(29-4)16-20(19)27-2/h8-11,15-16,24H,5-7,12-14H2,1-4H3. The van der Waals surface area contributed by atoms with Gasteiger partial charge in [-0.3, -0.25) is 4.79 Å². The molecule has 2 aromatic carbocycles. The first kappa shape index (κ1) is 23.1. The van der Waals surface area contributed by atoms with Crippen LogP contribution in [0.4, 0.5) is 0 Å². The molecule has 2 aromatic rings. The average molecular weight is 446 g/mol. The van der Waals surface area contributed by atoms with E-state index in [1.807, 2.05) is 35.2 Å².